The standard InChI is InChI=1S/C31H44N2O9Si2/c1-7-41-43(3,4)17-9-15-32-28(35)23-13-11-22(20-26(23)31(39)40)27(34)21-12-14-24(30(37)38)25(19-21)29(36)33-16-10-18-44(5,6)42-8-2/h11-14,19-20H,7-10,15-18H2,1-6H3,(H,32,35)(H,33,36)(H,37,38)(H,39,40). The Morgan fingerprint density at radius 2 is 1.05 bits per heavy atom. The molecule has 0 unspecified atom stereocenters. The van der Waals surface area contributed by atoms with E-state index < -0.39 is 46.2 Å². The van der Waals surface area contributed by atoms with Crippen LogP contribution in [0.5, 0.6) is 0 Å². The number of ketones is 1. The minimum absolute atomic E-state index is 0.000318. The van der Waals surface area contributed by atoms with Gasteiger partial charge < -0.3 is 29.7 Å². The van der Waals surface area contributed by atoms with Crippen molar-refractivity contribution < 1.29 is 43.0 Å². The monoisotopic (exact) mass is 644 g/mol. The average molecular weight is 645 g/mol. The van der Waals surface area contributed by atoms with E-state index in [-0.39, 0.29) is 33.4 Å². The molecule has 0 aliphatic rings. The minimum Gasteiger partial charge on any atom is -0.478 e. The Bertz CT molecular complexity index is 1380. The van der Waals surface area contributed by atoms with Gasteiger partial charge in [-0.05, 0) is 89.2 Å². The molecule has 0 spiro atoms. The van der Waals surface area contributed by atoms with Gasteiger partial charge in [0.25, 0.3) is 11.8 Å². The molecule has 2 aromatic rings. The maximum absolute atomic E-state index is 13.4. The van der Waals surface area contributed by atoms with Crippen LogP contribution >= 0.6 is 0 Å². The topological polar surface area (TPSA) is 168 Å². The van der Waals surface area contributed by atoms with E-state index in [2.05, 4.69) is 36.8 Å². The molecule has 11 nitrogen and oxygen atoms in total. The van der Waals surface area contributed by atoms with Crippen LogP contribution < -0.4 is 10.6 Å². The van der Waals surface area contributed by atoms with Crippen molar-refractivity contribution in [2.24, 2.45) is 0 Å². The summed E-state index contributed by atoms with van der Waals surface area (Å²) in [6.45, 7) is 14.1. The van der Waals surface area contributed by atoms with Gasteiger partial charge in [0.15, 0.2) is 22.4 Å². The number of amides is 2. The van der Waals surface area contributed by atoms with E-state index in [9.17, 15) is 34.2 Å². The van der Waals surface area contributed by atoms with Crippen LogP contribution in [0.15, 0.2) is 36.4 Å². The Labute approximate surface area is 260 Å². The number of carboxylic acids is 2. The number of benzene rings is 2. The summed E-state index contributed by atoms with van der Waals surface area (Å²) in [4.78, 5) is 63.0. The predicted molar refractivity (Wildman–Crippen MR) is 172 cm³/mol. The summed E-state index contributed by atoms with van der Waals surface area (Å²) in [6, 6.07) is 8.99. The van der Waals surface area contributed by atoms with E-state index in [4.69, 9.17) is 8.85 Å². The quantitative estimate of drug-likeness (QED) is 0.0987. The molecule has 0 atom stereocenters. The average Bonchev–Trinajstić information content (AvgIpc) is 2.96. The summed E-state index contributed by atoms with van der Waals surface area (Å²) >= 11 is 0. The largest absolute Gasteiger partial charge is 0.478 e. The third-order valence-corrected chi connectivity index (χ3v) is 12.3. The molecule has 2 amide bonds. The summed E-state index contributed by atoms with van der Waals surface area (Å²) in [7, 11) is -3.67. The Morgan fingerprint density at radius 3 is 1.48 bits per heavy atom. The van der Waals surface area contributed by atoms with Crippen LogP contribution in [0.3, 0.4) is 0 Å². The fourth-order valence-corrected chi connectivity index (χ4v) is 8.74. The smallest absolute Gasteiger partial charge is 0.336 e. The van der Waals surface area contributed by atoms with Crippen molar-refractivity contribution in [3.8, 4) is 0 Å². The molecular weight excluding hydrogens is 601 g/mol. The summed E-state index contributed by atoms with van der Waals surface area (Å²) in [5, 5.41) is 24.9. The first kappa shape index (κ1) is 36.5. The van der Waals surface area contributed by atoms with E-state index in [0.29, 0.717) is 39.1 Å². The number of hydrogen-bond acceptors (Lipinski definition) is 7. The lowest BCUT2D eigenvalue weighted by atomic mass is 9.95. The molecule has 0 aliphatic carbocycles. The van der Waals surface area contributed by atoms with Gasteiger partial charge in [0.05, 0.1) is 22.3 Å². The van der Waals surface area contributed by atoms with Gasteiger partial charge in [-0.2, -0.15) is 0 Å². The molecule has 2 aromatic carbocycles. The normalized spacial score (nSPS) is 11.6. The maximum Gasteiger partial charge on any atom is 0.336 e. The molecule has 0 aromatic heterocycles. The van der Waals surface area contributed by atoms with Crippen LogP contribution in [0, 0.1) is 0 Å². The molecule has 0 bridgehead atoms. The molecule has 2 rings (SSSR count). The van der Waals surface area contributed by atoms with Crippen molar-refractivity contribution in [3.05, 3.63) is 69.8 Å². The number of rotatable bonds is 18. The SMILES string of the molecule is CCO[Si](C)(C)CCCNC(=O)c1ccc(C(=O)c2ccc(C(=O)O)c(C(=O)NCCC[Si](C)(C)OCC)c2)cc1C(=O)O. The first-order chi connectivity index (χ1) is 20.6. The molecule has 0 heterocycles. The highest BCUT2D eigenvalue weighted by atomic mass is 28.4. The van der Waals surface area contributed by atoms with Gasteiger partial charge in [0.2, 0.25) is 0 Å². The lowest BCUT2D eigenvalue weighted by molar-refractivity contribution is 0.0682. The van der Waals surface area contributed by atoms with E-state index in [0.717, 1.165) is 18.2 Å². The van der Waals surface area contributed by atoms with Crippen molar-refractivity contribution in [2.75, 3.05) is 26.3 Å². The van der Waals surface area contributed by atoms with Crippen LogP contribution in [0.4, 0.5) is 0 Å². The molecule has 0 fully saturated rings. The second-order valence-electron chi connectivity index (χ2n) is 11.6. The van der Waals surface area contributed by atoms with Crippen molar-refractivity contribution in [2.45, 2.75) is 65.0 Å². The van der Waals surface area contributed by atoms with Crippen molar-refractivity contribution in [3.63, 3.8) is 0 Å². The highest BCUT2D eigenvalue weighted by molar-refractivity contribution is 6.71. The first-order valence-corrected chi connectivity index (χ1v) is 21.0. The second kappa shape index (κ2) is 16.4. The zero-order valence-electron chi connectivity index (χ0n) is 26.4. The minimum atomic E-state index is -1.85. The Balaban J connectivity index is 2.22. The van der Waals surface area contributed by atoms with Crippen molar-refractivity contribution >= 4 is 46.2 Å². The number of aromatic carboxylic acids is 2. The second-order valence-corrected chi connectivity index (χ2v) is 20.2. The lowest BCUT2D eigenvalue weighted by Crippen LogP contribution is -2.32. The number of hydrogen-bond donors (Lipinski definition) is 4. The van der Waals surface area contributed by atoms with Gasteiger partial charge in [-0.15, -0.1) is 0 Å². The van der Waals surface area contributed by atoms with Gasteiger partial charge in [-0.1, -0.05) is 12.1 Å². The zero-order valence-corrected chi connectivity index (χ0v) is 28.4. The van der Waals surface area contributed by atoms with Gasteiger partial charge in [0.1, 0.15) is 0 Å². The molecule has 4 N–H and O–H groups in total. The van der Waals surface area contributed by atoms with Gasteiger partial charge in [-0.3, -0.25) is 14.4 Å². The number of carbonyl (C=O) groups is 5. The number of nitrogens with one attached hydrogen (secondary N) is 2. The Kier molecular flexibility index (Phi) is 13.6. The van der Waals surface area contributed by atoms with Crippen LogP contribution in [0.2, 0.25) is 38.3 Å². The fraction of sp³-hybridized carbons (Fsp3) is 0.452. The highest BCUT2D eigenvalue weighted by Gasteiger charge is 2.25. The number of carboxylic acid groups (broad SMARTS) is 2. The molecule has 0 aliphatic heterocycles. The van der Waals surface area contributed by atoms with Crippen molar-refractivity contribution in [1.82, 2.24) is 10.6 Å². The van der Waals surface area contributed by atoms with Crippen LogP contribution in [-0.2, 0) is 8.85 Å². The zero-order chi connectivity index (χ0) is 33.1. The molecule has 13 heteroatoms. The van der Waals surface area contributed by atoms with Gasteiger partial charge in [-0.25, -0.2) is 9.59 Å². The van der Waals surface area contributed by atoms with Crippen molar-refractivity contribution in [1.29, 1.82) is 0 Å². The van der Waals surface area contributed by atoms with E-state index in [1.54, 1.807) is 0 Å². The van der Waals surface area contributed by atoms with Gasteiger partial charge in [0, 0.05) is 37.4 Å². The van der Waals surface area contributed by atoms with Crippen LogP contribution in [0.25, 0.3) is 0 Å². The Hall–Kier alpha value is -3.66. The van der Waals surface area contributed by atoms with Crippen LogP contribution in [-0.4, -0.2) is 82.7 Å². The van der Waals surface area contributed by atoms with Crippen LogP contribution in [0.1, 0.15) is 84.0 Å². The van der Waals surface area contributed by atoms with E-state index in [1.807, 2.05) is 13.8 Å². The summed E-state index contributed by atoms with van der Waals surface area (Å²) in [5.41, 5.74) is -0.924. The predicted octanol–water partition coefficient (Wildman–Crippen LogP) is 5.04. The third-order valence-electron chi connectivity index (χ3n) is 7.07. The summed E-state index contributed by atoms with van der Waals surface area (Å²) < 4.78 is 11.6. The maximum atomic E-state index is 13.4. The summed E-state index contributed by atoms with van der Waals surface area (Å²) in [5.74, 6) is -4.55. The summed E-state index contributed by atoms with van der Waals surface area (Å²) in [6.07, 6.45) is 1.33. The number of carbonyl (C=O) groups excluding carboxylic acids is 3. The van der Waals surface area contributed by atoms with Gasteiger partial charge >= 0.3 is 11.9 Å². The molecular formula is C31H44N2O9Si2. The molecule has 0 saturated carbocycles. The fourth-order valence-electron chi connectivity index (χ4n) is 4.84. The lowest BCUT2D eigenvalue weighted by Gasteiger charge is -2.21. The molecule has 44 heavy (non-hydrogen) atoms. The van der Waals surface area contributed by atoms with E-state index >= 15 is 0 Å². The Morgan fingerprint density at radius 1 is 0.636 bits per heavy atom. The third kappa shape index (κ3) is 10.8. The first-order valence-electron chi connectivity index (χ1n) is 14.8. The molecule has 240 valence electrons. The van der Waals surface area contributed by atoms with E-state index in [1.165, 1.54) is 30.3 Å². The molecule has 0 saturated heterocycles. The highest BCUT2D eigenvalue weighted by Crippen LogP contribution is 2.20. The molecule has 0 radical (unpaired) electrons.